The predicted octanol–water partition coefficient (Wildman–Crippen LogP) is 4.57. The molecule has 0 saturated carbocycles. The Bertz CT molecular complexity index is 1040. The van der Waals surface area contributed by atoms with Crippen molar-refractivity contribution >= 4 is 37.8 Å². The second kappa shape index (κ2) is 7.48. The fourth-order valence-electron chi connectivity index (χ4n) is 2.80. The van der Waals surface area contributed by atoms with Gasteiger partial charge in [-0.05, 0) is 61.7 Å². The van der Waals surface area contributed by atoms with Crippen molar-refractivity contribution in [3.05, 3.63) is 56.6 Å². The van der Waals surface area contributed by atoms with E-state index in [-0.39, 0.29) is 24.1 Å². The quantitative estimate of drug-likeness (QED) is 0.554. The molecular formula is C19H14Br2N2O5. The number of nitrogens with zero attached hydrogens (tertiary/aromatic N) is 2. The lowest BCUT2D eigenvalue weighted by Gasteiger charge is -2.15. The Kier molecular flexibility index (Phi) is 5.03. The van der Waals surface area contributed by atoms with Gasteiger partial charge in [-0.15, -0.1) is 0 Å². The van der Waals surface area contributed by atoms with E-state index < -0.39 is 0 Å². The summed E-state index contributed by atoms with van der Waals surface area (Å²) in [5.41, 5.74) is 1.77. The number of phenolic OH excluding ortho intramolecular Hbond substituents is 1. The SMILES string of the molecule is CN(Cc1ccc2c(c1)OCO2)C(=O)c1cc(-c2cc(Br)c(O)c(Br)c2)on1. The van der Waals surface area contributed by atoms with Crippen LogP contribution in [0.4, 0.5) is 0 Å². The van der Waals surface area contributed by atoms with E-state index in [4.69, 9.17) is 14.0 Å². The monoisotopic (exact) mass is 508 g/mol. The molecule has 0 radical (unpaired) electrons. The van der Waals surface area contributed by atoms with Gasteiger partial charge in [-0.1, -0.05) is 11.2 Å². The van der Waals surface area contributed by atoms with E-state index in [2.05, 4.69) is 37.0 Å². The first-order chi connectivity index (χ1) is 13.4. The van der Waals surface area contributed by atoms with Crippen molar-refractivity contribution in [1.29, 1.82) is 0 Å². The Morgan fingerprint density at radius 1 is 1.14 bits per heavy atom. The number of carbonyl (C=O) groups is 1. The molecule has 2 heterocycles. The second-order valence-corrected chi connectivity index (χ2v) is 7.92. The van der Waals surface area contributed by atoms with Crippen molar-refractivity contribution in [2.24, 2.45) is 0 Å². The average molecular weight is 510 g/mol. The van der Waals surface area contributed by atoms with Gasteiger partial charge in [-0.25, -0.2) is 0 Å². The van der Waals surface area contributed by atoms with Crippen LogP contribution in [0.5, 0.6) is 17.2 Å². The number of hydrogen-bond acceptors (Lipinski definition) is 6. The van der Waals surface area contributed by atoms with Gasteiger partial charge in [-0.2, -0.15) is 0 Å². The first-order valence-corrected chi connectivity index (χ1v) is 9.80. The molecule has 9 heteroatoms. The zero-order valence-electron chi connectivity index (χ0n) is 14.6. The van der Waals surface area contributed by atoms with Crippen LogP contribution in [0.1, 0.15) is 16.1 Å². The molecule has 2 aromatic carbocycles. The minimum Gasteiger partial charge on any atom is -0.506 e. The lowest BCUT2D eigenvalue weighted by Crippen LogP contribution is -2.26. The highest BCUT2D eigenvalue weighted by molar-refractivity contribution is 9.11. The van der Waals surface area contributed by atoms with Gasteiger partial charge in [0, 0.05) is 25.2 Å². The maximum Gasteiger partial charge on any atom is 0.276 e. The summed E-state index contributed by atoms with van der Waals surface area (Å²) in [5, 5.41) is 13.7. The number of carbonyl (C=O) groups excluding carboxylic acids is 1. The molecule has 1 aromatic heterocycles. The van der Waals surface area contributed by atoms with Crippen LogP contribution in [0, 0.1) is 0 Å². The molecule has 1 aliphatic rings. The molecule has 0 saturated heterocycles. The van der Waals surface area contributed by atoms with Crippen molar-refractivity contribution in [3.63, 3.8) is 0 Å². The normalized spacial score (nSPS) is 12.2. The standard InChI is InChI=1S/C19H14Br2N2O5/c1-23(8-10-2-3-15-17(4-10)27-9-26-15)19(25)14-7-16(28-22-14)11-5-12(20)18(24)13(21)6-11/h2-7,24H,8-9H2,1H3. The third-order valence-corrected chi connectivity index (χ3v) is 5.44. The van der Waals surface area contributed by atoms with Gasteiger partial charge in [0.05, 0.1) is 8.95 Å². The molecule has 0 aliphatic carbocycles. The van der Waals surface area contributed by atoms with E-state index in [0.29, 0.717) is 38.3 Å². The predicted molar refractivity (Wildman–Crippen MR) is 107 cm³/mol. The lowest BCUT2D eigenvalue weighted by atomic mass is 10.1. The first-order valence-electron chi connectivity index (χ1n) is 8.21. The number of ether oxygens (including phenoxy) is 2. The summed E-state index contributed by atoms with van der Waals surface area (Å²) in [6, 6.07) is 10.5. The summed E-state index contributed by atoms with van der Waals surface area (Å²) in [6.07, 6.45) is 0. The molecule has 28 heavy (non-hydrogen) atoms. The van der Waals surface area contributed by atoms with E-state index in [1.165, 1.54) is 0 Å². The molecule has 3 aromatic rings. The maximum atomic E-state index is 12.7. The molecular weight excluding hydrogens is 496 g/mol. The molecule has 0 spiro atoms. The van der Waals surface area contributed by atoms with Gasteiger partial charge >= 0.3 is 0 Å². The van der Waals surface area contributed by atoms with Crippen LogP contribution in [0.3, 0.4) is 0 Å². The fourth-order valence-corrected chi connectivity index (χ4v) is 3.99. The minimum absolute atomic E-state index is 0.0861. The van der Waals surface area contributed by atoms with Gasteiger partial charge in [0.25, 0.3) is 5.91 Å². The summed E-state index contributed by atoms with van der Waals surface area (Å²) in [4.78, 5) is 14.2. The summed E-state index contributed by atoms with van der Waals surface area (Å²) >= 11 is 6.55. The Hall–Kier alpha value is -2.52. The molecule has 0 bridgehead atoms. The van der Waals surface area contributed by atoms with Crippen molar-refractivity contribution in [2.75, 3.05) is 13.8 Å². The van der Waals surface area contributed by atoms with Crippen molar-refractivity contribution in [1.82, 2.24) is 10.1 Å². The minimum atomic E-state index is -0.274. The van der Waals surface area contributed by atoms with Crippen LogP contribution < -0.4 is 9.47 Å². The number of amides is 1. The van der Waals surface area contributed by atoms with Gasteiger partial charge in [0.15, 0.2) is 23.0 Å². The smallest absolute Gasteiger partial charge is 0.276 e. The van der Waals surface area contributed by atoms with Gasteiger partial charge in [-0.3, -0.25) is 4.79 Å². The summed E-state index contributed by atoms with van der Waals surface area (Å²) in [5.74, 6) is 1.60. The number of aromatic nitrogens is 1. The third kappa shape index (κ3) is 3.59. The Morgan fingerprint density at radius 3 is 2.61 bits per heavy atom. The highest BCUT2D eigenvalue weighted by Crippen LogP contribution is 2.37. The summed E-state index contributed by atoms with van der Waals surface area (Å²) in [6.45, 7) is 0.590. The fraction of sp³-hybridized carbons (Fsp3) is 0.158. The molecule has 4 rings (SSSR count). The number of aromatic hydroxyl groups is 1. The van der Waals surface area contributed by atoms with E-state index in [1.54, 1.807) is 30.1 Å². The highest BCUT2D eigenvalue weighted by atomic mass is 79.9. The Labute approximate surface area is 177 Å². The average Bonchev–Trinajstić information content (AvgIpc) is 3.34. The molecule has 7 nitrogen and oxygen atoms in total. The topological polar surface area (TPSA) is 85.0 Å². The van der Waals surface area contributed by atoms with Crippen molar-refractivity contribution < 1.29 is 23.9 Å². The zero-order valence-corrected chi connectivity index (χ0v) is 17.8. The molecule has 144 valence electrons. The van der Waals surface area contributed by atoms with Crippen molar-refractivity contribution in [2.45, 2.75) is 6.54 Å². The van der Waals surface area contributed by atoms with Crippen LogP contribution in [-0.4, -0.2) is 34.9 Å². The summed E-state index contributed by atoms with van der Waals surface area (Å²) in [7, 11) is 1.69. The number of benzene rings is 2. The maximum absolute atomic E-state index is 12.7. The summed E-state index contributed by atoms with van der Waals surface area (Å²) < 4.78 is 17.0. The number of hydrogen-bond donors (Lipinski definition) is 1. The largest absolute Gasteiger partial charge is 0.506 e. The van der Waals surface area contributed by atoms with Crippen LogP contribution in [0.25, 0.3) is 11.3 Å². The molecule has 1 N–H and O–H groups in total. The molecule has 1 aliphatic heterocycles. The lowest BCUT2D eigenvalue weighted by molar-refractivity contribution is 0.0774. The second-order valence-electron chi connectivity index (χ2n) is 6.21. The molecule has 0 unspecified atom stereocenters. The highest BCUT2D eigenvalue weighted by Gasteiger charge is 2.20. The van der Waals surface area contributed by atoms with Crippen molar-refractivity contribution in [3.8, 4) is 28.6 Å². The van der Waals surface area contributed by atoms with Crippen LogP contribution in [0.15, 0.2) is 49.9 Å². The molecule has 0 fully saturated rings. The van der Waals surface area contributed by atoms with E-state index >= 15 is 0 Å². The third-order valence-electron chi connectivity index (χ3n) is 4.23. The van der Waals surface area contributed by atoms with Gasteiger partial charge in [0.2, 0.25) is 6.79 Å². The Balaban J connectivity index is 1.51. The van der Waals surface area contributed by atoms with Gasteiger partial charge in [0.1, 0.15) is 5.75 Å². The van der Waals surface area contributed by atoms with E-state index in [9.17, 15) is 9.90 Å². The Morgan fingerprint density at radius 2 is 1.86 bits per heavy atom. The van der Waals surface area contributed by atoms with E-state index in [1.807, 2.05) is 18.2 Å². The zero-order chi connectivity index (χ0) is 19.8. The number of fused-ring (bicyclic) bond motifs is 1. The van der Waals surface area contributed by atoms with Crippen LogP contribution >= 0.6 is 31.9 Å². The molecule has 1 amide bonds. The number of rotatable bonds is 4. The molecule has 0 atom stereocenters. The number of halogens is 2. The number of phenols is 1. The van der Waals surface area contributed by atoms with Gasteiger partial charge < -0.3 is 24.0 Å². The first kappa shape index (κ1) is 18.8. The van der Waals surface area contributed by atoms with Crippen LogP contribution in [-0.2, 0) is 6.54 Å². The van der Waals surface area contributed by atoms with Crippen LogP contribution in [0.2, 0.25) is 0 Å². The van der Waals surface area contributed by atoms with E-state index in [0.717, 1.165) is 5.56 Å².